The standard InChI is InChI=1S/C21H24N2O2/c1-16(2)19-9-11-20(12-10-19)25-15-21(24)23-22-14-17(3)13-18-7-5-4-6-8-18/h4-14,16H,15H2,1-3H3,(H,23,24)/b17-13+,22-14-. The second-order valence-corrected chi connectivity index (χ2v) is 6.10. The van der Waals surface area contributed by atoms with Crippen LogP contribution in [-0.4, -0.2) is 18.7 Å². The smallest absolute Gasteiger partial charge is 0.277 e. The van der Waals surface area contributed by atoms with E-state index >= 15 is 0 Å². The molecule has 1 amide bonds. The number of amides is 1. The van der Waals surface area contributed by atoms with E-state index in [0.717, 1.165) is 11.1 Å². The highest BCUT2D eigenvalue weighted by Crippen LogP contribution is 2.18. The van der Waals surface area contributed by atoms with Crippen LogP contribution in [-0.2, 0) is 4.79 Å². The molecule has 0 aliphatic heterocycles. The van der Waals surface area contributed by atoms with Gasteiger partial charge in [-0.15, -0.1) is 0 Å². The molecule has 4 heteroatoms. The first-order chi connectivity index (χ1) is 12.0. The predicted molar refractivity (Wildman–Crippen MR) is 103 cm³/mol. The topological polar surface area (TPSA) is 50.7 Å². The van der Waals surface area contributed by atoms with Gasteiger partial charge in [-0.3, -0.25) is 4.79 Å². The van der Waals surface area contributed by atoms with Crippen molar-refractivity contribution in [3.63, 3.8) is 0 Å². The van der Waals surface area contributed by atoms with E-state index in [1.165, 1.54) is 5.56 Å². The number of carbonyl (C=O) groups excluding carboxylic acids is 1. The van der Waals surface area contributed by atoms with Crippen LogP contribution in [0.1, 0.15) is 37.8 Å². The Balaban J connectivity index is 1.77. The van der Waals surface area contributed by atoms with Crippen molar-refractivity contribution in [2.45, 2.75) is 26.7 Å². The zero-order chi connectivity index (χ0) is 18.1. The molecule has 1 N–H and O–H groups in total. The summed E-state index contributed by atoms with van der Waals surface area (Å²) in [6.07, 6.45) is 3.60. The van der Waals surface area contributed by atoms with Crippen molar-refractivity contribution in [3.05, 3.63) is 71.3 Å². The lowest BCUT2D eigenvalue weighted by Gasteiger charge is -2.08. The number of benzene rings is 2. The van der Waals surface area contributed by atoms with Gasteiger partial charge in [0.05, 0.1) is 6.21 Å². The Morgan fingerprint density at radius 1 is 1.12 bits per heavy atom. The van der Waals surface area contributed by atoms with Gasteiger partial charge >= 0.3 is 0 Å². The highest BCUT2D eigenvalue weighted by molar-refractivity contribution is 5.86. The van der Waals surface area contributed by atoms with E-state index in [4.69, 9.17) is 4.74 Å². The van der Waals surface area contributed by atoms with Crippen molar-refractivity contribution < 1.29 is 9.53 Å². The fourth-order valence-electron chi connectivity index (χ4n) is 2.19. The van der Waals surface area contributed by atoms with Gasteiger partial charge in [0.1, 0.15) is 5.75 Å². The maximum Gasteiger partial charge on any atom is 0.277 e. The lowest BCUT2D eigenvalue weighted by Crippen LogP contribution is -2.24. The Labute approximate surface area is 149 Å². The van der Waals surface area contributed by atoms with Gasteiger partial charge in [-0.1, -0.05) is 62.4 Å². The summed E-state index contributed by atoms with van der Waals surface area (Å²) in [5.41, 5.74) is 5.73. The first-order valence-electron chi connectivity index (χ1n) is 8.32. The minimum Gasteiger partial charge on any atom is -0.484 e. The molecule has 0 atom stereocenters. The molecule has 0 saturated heterocycles. The van der Waals surface area contributed by atoms with E-state index in [9.17, 15) is 4.79 Å². The van der Waals surface area contributed by atoms with Gasteiger partial charge in [-0.2, -0.15) is 5.10 Å². The quantitative estimate of drug-likeness (QED) is 0.602. The monoisotopic (exact) mass is 336 g/mol. The predicted octanol–water partition coefficient (Wildman–Crippen LogP) is 4.39. The molecule has 2 rings (SSSR count). The van der Waals surface area contributed by atoms with Gasteiger partial charge in [-0.25, -0.2) is 5.43 Å². The number of hydrazone groups is 1. The second kappa shape index (κ2) is 9.42. The van der Waals surface area contributed by atoms with Crippen LogP contribution in [0.15, 0.2) is 65.3 Å². The minimum atomic E-state index is -0.295. The zero-order valence-electron chi connectivity index (χ0n) is 14.9. The summed E-state index contributed by atoms with van der Waals surface area (Å²) in [5, 5.41) is 3.94. The van der Waals surface area contributed by atoms with E-state index in [0.29, 0.717) is 11.7 Å². The van der Waals surface area contributed by atoms with Crippen molar-refractivity contribution >= 4 is 18.2 Å². The number of nitrogens with zero attached hydrogens (tertiary/aromatic N) is 1. The number of carbonyl (C=O) groups is 1. The maximum atomic E-state index is 11.8. The van der Waals surface area contributed by atoms with Crippen molar-refractivity contribution in [3.8, 4) is 5.75 Å². The van der Waals surface area contributed by atoms with E-state index in [2.05, 4.69) is 24.4 Å². The number of hydrogen-bond acceptors (Lipinski definition) is 3. The lowest BCUT2D eigenvalue weighted by molar-refractivity contribution is -0.123. The summed E-state index contributed by atoms with van der Waals surface area (Å²) in [5.74, 6) is 0.847. The molecule has 0 spiro atoms. The third kappa shape index (κ3) is 6.63. The van der Waals surface area contributed by atoms with Gasteiger partial charge in [-0.05, 0) is 41.7 Å². The lowest BCUT2D eigenvalue weighted by atomic mass is 10.0. The summed E-state index contributed by atoms with van der Waals surface area (Å²) >= 11 is 0. The molecule has 0 radical (unpaired) electrons. The number of allylic oxidation sites excluding steroid dienone is 1. The number of nitrogens with one attached hydrogen (secondary N) is 1. The van der Waals surface area contributed by atoms with Gasteiger partial charge in [0.25, 0.3) is 5.91 Å². The number of rotatable bonds is 7. The highest BCUT2D eigenvalue weighted by Gasteiger charge is 2.03. The first-order valence-corrected chi connectivity index (χ1v) is 8.32. The fourth-order valence-corrected chi connectivity index (χ4v) is 2.19. The molecule has 0 saturated carbocycles. The Morgan fingerprint density at radius 2 is 1.80 bits per heavy atom. The van der Waals surface area contributed by atoms with Crippen molar-refractivity contribution in [2.75, 3.05) is 6.61 Å². The van der Waals surface area contributed by atoms with Crippen LogP contribution >= 0.6 is 0 Å². The Hall–Kier alpha value is -2.88. The van der Waals surface area contributed by atoms with Gasteiger partial charge < -0.3 is 4.74 Å². The van der Waals surface area contributed by atoms with Crippen LogP contribution in [0, 0.1) is 0 Å². The largest absolute Gasteiger partial charge is 0.484 e. The van der Waals surface area contributed by atoms with Gasteiger partial charge in [0.15, 0.2) is 6.61 Å². The molecule has 2 aromatic rings. The molecule has 0 heterocycles. The van der Waals surface area contributed by atoms with Crippen LogP contribution < -0.4 is 10.2 Å². The molecule has 0 bridgehead atoms. The third-order valence-corrected chi connectivity index (χ3v) is 3.57. The fraction of sp³-hybridized carbons (Fsp3) is 0.238. The SMILES string of the molecule is CC(/C=N\NC(=O)COc1ccc(C(C)C)cc1)=C\c1ccccc1. The maximum absolute atomic E-state index is 11.8. The molecule has 0 aromatic heterocycles. The Kier molecular flexibility index (Phi) is 6.96. The van der Waals surface area contributed by atoms with Crippen LogP contribution in [0.25, 0.3) is 6.08 Å². The normalized spacial score (nSPS) is 11.8. The number of hydrogen-bond donors (Lipinski definition) is 1. The van der Waals surface area contributed by atoms with E-state index < -0.39 is 0 Å². The molecule has 4 nitrogen and oxygen atoms in total. The van der Waals surface area contributed by atoms with Crippen LogP contribution in [0.5, 0.6) is 5.75 Å². The van der Waals surface area contributed by atoms with Crippen LogP contribution in [0.4, 0.5) is 0 Å². The zero-order valence-corrected chi connectivity index (χ0v) is 14.9. The van der Waals surface area contributed by atoms with E-state index in [1.54, 1.807) is 6.21 Å². The Morgan fingerprint density at radius 3 is 2.44 bits per heavy atom. The first kappa shape index (κ1) is 18.5. The summed E-state index contributed by atoms with van der Waals surface area (Å²) in [6.45, 7) is 6.13. The van der Waals surface area contributed by atoms with Crippen molar-refractivity contribution in [1.82, 2.24) is 5.43 Å². The average Bonchev–Trinajstić information content (AvgIpc) is 2.61. The molecule has 130 valence electrons. The molecule has 25 heavy (non-hydrogen) atoms. The van der Waals surface area contributed by atoms with E-state index in [-0.39, 0.29) is 12.5 Å². The summed E-state index contributed by atoms with van der Waals surface area (Å²) in [6, 6.07) is 17.7. The minimum absolute atomic E-state index is 0.0696. The highest BCUT2D eigenvalue weighted by atomic mass is 16.5. The molecule has 0 unspecified atom stereocenters. The van der Waals surface area contributed by atoms with Crippen molar-refractivity contribution in [2.24, 2.45) is 5.10 Å². The van der Waals surface area contributed by atoms with Crippen LogP contribution in [0.2, 0.25) is 0 Å². The molecule has 0 aliphatic carbocycles. The second-order valence-electron chi connectivity index (χ2n) is 6.10. The average molecular weight is 336 g/mol. The molecule has 0 aliphatic rings. The summed E-state index contributed by atoms with van der Waals surface area (Å²) < 4.78 is 5.46. The molecular weight excluding hydrogens is 312 g/mol. The third-order valence-electron chi connectivity index (χ3n) is 3.57. The van der Waals surface area contributed by atoms with Gasteiger partial charge in [0.2, 0.25) is 0 Å². The molecule has 0 fully saturated rings. The van der Waals surface area contributed by atoms with Gasteiger partial charge in [0, 0.05) is 0 Å². The van der Waals surface area contributed by atoms with E-state index in [1.807, 2.05) is 67.6 Å². The number of ether oxygens (including phenoxy) is 1. The Bertz CT molecular complexity index is 732. The van der Waals surface area contributed by atoms with Crippen LogP contribution in [0.3, 0.4) is 0 Å². The summed E-state index contributed by atoms with van der Waals surface area (Å²) in [7, 11) is 0. The van der Waals surface area contributed by atoms with Crippen molar-refractivity contribution in [1.29, 1.82) is 0 Å². The summed E-state index contributed by atoms with van der Waals surface area (Å²) in [4.78, 5) is 11.8. The molecular formula is C21H24N2O2. The molecule has 2 aromatic carbocycles.